The SMILES string of the molecule is COc1ccc(CN2C(=O)C(C)(c3cc(C(=O)N4CCCCC4C)ccc3Cl)c3cc(Cl)ccc32)c(OC)c1. The average molecular weight is 568 g/mol. The van der Waals surface area contributed by atoms with Crippen molar-refractivity contribution in [1.82, 2.24) is 4.90 Å². The maximum absolute atomic E-state index is 14.4. The molecule has 2 aliphatic heterocycles. The predicted molar refractivity (Wildman–Crippen MR) is 154 cm³/mol. The molecule has 0 aliphatic carbocycles. The second-order valence-corrected chi connectivity index (χ2v) is 11.2. The molecule has 204 valence electrons. The third-order valence-electron chi connectivity index (χ3n) is 8.10. The van der Waals surface area contributed by atoms with Gasteiger partial charge in [0.2, 0.25) is 5.91 Å². The van der Waals surface area contributed by atoms with Gasteiger partial charge in [0.15, 0.2) is 0 Å². The molecule has 0 N–H and O–H groups in total. The summed E-state index contributed by atoms with van der Waals surface area (Å²) in [5.74, 6) is 1.08. The van der Waals surface area contributed by atoms with Crippen LogP contribution in [0.25, 0.3) is 0 Å². The third kappa shape index (κ3) is 4.74. The van der Waals surface area contributed by atoms with Crippen molar-refractivity contribution < 1.29 is 19.1 Å². The Balaban J connectivity index is 1.58. The summed E-state index contributed by atoms with van der Waals surface area (Å²) in [6.07, 6.45) is 3.09. The molecule has 2 amide bonds. The molecule has 3 aromatic carbocycles. The molecule has 5 rings (SSSR count). The van der Waals surface area contributed by atoms with Gasteiger partial charge in [-0.15, -0.1) is 0 Å². The molecule has 0 spiro atoms. The Morgan fingerprint density at radius 3 is 2.51 bits per heavy atom. The molecule has 0 radical (unpaired) electrons. The quantitative estimate of drug-likeness (QED) is 0.326. The summed E-state index contributed by atoms with van der Waals surface area (Å²) < 4.78 is 10.9. The summed E-state index contributed by atoms with van der Waals surface area (Å²) in [6, 6.07) is 16.4. The first-order chi connectivity index (χ1) is 18.7. The number of hydrogen-bond donors (Lipinski definition) is 0. The molecule has 1 fully saturated rings. The second kappa shape index (κ2) is 10.7. The highest BCUT2D eigenvalue weighted by Crippen LogP contribution is 2.49. The fourth-order valence-corrected chi connectivity index (χ4v) is 6.29. The number of likely N-dealkylation sites (tertiary alicyclic amines) is 1. The summed E-state index contributed by atoms with van der Waals surface area (Å²) in [5.41, 5.74) is 2.26. The Hall–Kier alpha value is -3.22. The standard InChI is InChI=1S/C31H32Cl2N2O4/c1-19-7-5-6-14-34(19)29(36)20-9-12-26(33)24(15-20)31(2)25-16-22(32)10-13-27(25)35(30(31)37)18-21-8-11-23(38-3)17-28(21)39-4/h8-13,15-17,19H,5-7,14,18H2,1-4H3. The maximum Gasteiger partial charge on any atom is 0.254 e. The number of methoxy groups -OCH3 is 2. The fourth-order valence-electron chi connectivity index (χ4n) is 5.82. The zero-order valence-corrected chi connectivity index (χ0v) is 24.1. The number of fused-ring (bicyclic) bond motifs is 1. The third-order valence-corrected chi connectivity index (χ3v) is 8.66. The summed E-state index contributed by atoms with van der Waals surface area (Å²) in [7, 11) is 3.19. The highest BCUT2D eigenvalue weighted by atomic mass is 35.5. The van der Waals surface area contributed by atoms with E-state index in [9.17, 15) is 9.59 Å². The largest absolute Gasteiger partial charge is 0.497 e. The van der Waals surface area contributed by atoms with Crippen LogP contribution in [0.3, 0.4) is 0 Å². The molecule has 8 heteroatoms. The van der Waals surface area contributed by atoms with Gasteiger partial charge in [-0.1, -0.05) is 23.2 Å². The van der Waals surface area contributed by atoms with Crippen molar-refractivity contribution in [3.8, 4) is 11.5 Å². The van der Waals surface area contributed by atoms with Crippen LogP contribution in [0.1, 0.15) is 60.2 Å². The lowest BCUT2D eigenvalue weighted by molar-refractivity contribution is -0.121. The molecule has 2 heterocycles. The summed E-state index contributed by atoms with van der Waals surface area (Å²) in [4.78, 5) is 31.6. The number of benzene rings is 3. The van der Waals surface area contributed by atoms with Crippen LogP contribution in [0, 0.1) is 0 Å². The van der Waals surface area contributed by atoms with Crippen molar-refractivity contribution in [2.24, 2.45) is 0 Å². The molecule has 2 atom stereocenters. The number of carbonyl (C=O) groups excluding carboxylic acids is 2. The van der Waals surface area contributed by atoms with E-state index in [-0.39, 0.29) is 24.4 Å². The van der Waals surface area contributed by atoms with Gasteiger partial charge in [0, 0.05) is 45.5 Å². The Morgan fingerprint density at radius 1 is 1.00 bits per heavy atom. The van der Waals surface area contributed by atoms with Gasteiger partial charge in [0.05, 0.1) is 20.8 Å². The van der Waals surface area contributed by atoms with E-state index in [1.165, 1.54) is 0 Å². The number of hydrogen-bond acceptors (Lipinski definition) is 4. The Labute approximate surface area is 239 Å². The van der Waals surface area contributed by atoms with E-state index in [0.29, 0.717) is 32.7 Å². The van der Waals surface area contributed by atoms with Gasteiger partial charge >= 0.3 is 0 Å². The number of amides is 2. The normalized spacial score (nSPS) is 20.7. The minimum atomic E-state index is -1.15. The van der Waals surface area contributed by atoms with E-state index >= 15 is 0 Å². The predicted octanol–water partition coefficient (Wildman–Crippen LogP) is 6.88. The van der Waals surface area contributed by atoms with Crippen LogP contribution in [0.4, 0.5) is 5.69 Å². The van der Waals surface area contributed by atoms with Crippen LogP contribution in [0.2, 0.25) is 10.0 Å². The number of nitrogens with zero attached hydrogens (tertiary/aromatic N) is 2. The minimum Gasteiger partial charge on any atom is -0.497 e. The zero-order chi connectivity index (χ0) is 27.9. The van der Waals surface area contributed by atoms with Crippen LogP contribution < -0.4 is 14.4 Å². The van der Waals surface area contributed by atoms with E-state index < -0.39 is 5.41 Å². The Bertz CT molecular complexity index is 1440. The van der Waals surface area contributed by atoms with Crippen LogP contribution in [0.5, 0.6) is 11.5 Å². The molecule has 1 saturated heterocycles. The number of anilines is 1. The van der Waals surface area contributed by atoms with Crippen molar-refractivity contribution in [1.29, 1.82) is 0 Å². The number of rotatable bonds is 6. The molecule has 0 aromatic heterocycles. The van der Waals surface area contributed by atoms with Crippen LogP contribution >= 0.6 is 23.2 Å². The lowest BCUT2D eigenvalue weighted by Crippen LogP contribution is -2.42. The molecular formula is C31H32Cl2N2O4. The number of ether oxygens (including phenoxy) is 2. The fraction of sp³-hybridized carbons (Fsp3) is 0.355. The van der Waals surface area contributed by atoms with Gasteiger partial charge < -0.3 is 19.3 Å². The van der Waals surface area contributed by atoms with Crippen molar-refractivity contribution in [3.63, 3.8) is 0 Å². The summed E-state index contributed by atoms with van der Waals surface area (Å²) in [5, 5.41) is 0.936. The van der Waals surface area contributed by atoms with E-state index in [1.54, 1.807) is 49.5 Å². The minimum absolute atomic E-state index is 0.0414. The molecule has 2 aliphatic rings. The Kier molecular flexibility index (Phi) is 7.53. The number of piperidine rings is 1. The van der Waals surface area contributed by atoms with Gasteiger partial charge in [0.25, 0.3) is 5.91 Å². The van der Waals surface area contributed by atoms with Crippen LogP contribution in [0.15, 0.2) is 54.6 Å². The first kappa shape index (κ1) is 27.4. The van der Waals surface area contributed by atoms with Gasteiger partial charge in [-0.25, -0.2) is 0 Å². The smallest absolute Gasteiger partial charge is 0.254 e. The lowest BCUT2D eigenvalue weighted by Gasteiger charge is -2.34. The van der Waals surface area contributed by atoms with Crippen molar-refractivity contribution in [3.05, 3.63) is 86.9 Å². The number of carbonyl (C=O) groups is 2. The maximum atomic E-state index is 14.4. The Morgan fingerprint density at radius 2 is 1.79 bits per heavy atom. The zero-order valence-electron chi connectivity index (χ0n) is 22.6. The first-order valence-corrected chi connectivity index (χ1v) is 13.9. The summed E-state index contributed by atoms with van der Waals surface area (Å²) in [6.45, 7) is 4.94. The molecule has 0 bridgehead atoms. The van der Waals surface area contributed by atoms with Gasteiger partial charge in [0.1, 0.15) is 16.9 Å². The summed E-state index contributed by atoms with van der Waals surface area (Å²) >= 11 is 13.2. The first-order valence-electron chi connectivity index (χ1n) is 13.1. The number of halogens is 2. The van der Waals surface area contributed by atoms with E-state index in [1.807, 2.05) is 36.1 Å². The lowest BCUT2D eigenvalue weighted by atomic mass is 9.76. The van der Waals surface area contributed by atoms with Gasteiger partial charge in [-0.05, 0) is 92.8 Å². The highest BCUT2D eigenvalue weighted by Gasteiger charge is 2.50. The molecular weight excluding hydrogens is 535 g/mol. The average Bonchev–Trinajstić information content (AvgIpc) is 3.15. The van der Waals surface area contributed by atoms with E-state index in [4.69, 9.17) is 32.7 Å². The molecule has 0 saturated carbocycles. The van der Waals surface area contributed by atoms with Crippen LogP contribution in [-0.2, 0) is 16.8 Å². The monoisotopic (exact) mass is 566 g/mol. The molecule has 2 unspecified atom stereocenters. The van der Waals surface area contributed by atoms with Crippen LogP contribution in [-0.4, -0.2) is 43.5 Å². The van der Waals surface area contributed by atoms with Gasteiger partial charge in [-0.2, -0.15) is 0 Å². The van der Waals surface area contributed by atoms with E-state index in [0.717, 1.165) is 42.6 Å². The molecule has 3 aromatic rings. The topological polar surface area (TPSA) is 59.1 Å². The van der Waals surface area contributed by atoms with Crippen molar-refractivity contribution >= 4 is 40.7 Å². The van der Waals surface area contributed by atoms with Gasteiger partial charge in [-0.3, -0.25) is 9.59 Å². The molecule has 39 heavy (non-hydrogen) atoms. The molecule has 6 nitrogen and oxygen atoms in total. The van der Waals surface area contributed by atoms with E-state index in [2.05, 4.69) is 6.92 Å². The van der Waals surface area contributed by atoms with Crippen molar-refractivity contribution in [2.45, 2.75) is 51.1 Å². The highest BCUT2D eigenvalue weighted by molar-refractivity contribution is 6.33. The second-order valence-electron chi connectivity index (χ2n) is 10.4. The van der Waals surface area contributed by atoms with Crippen molar-refractivity contribution in [2.75, 3.05) is 25.7 Å².